The molecule has 1 aliphatic rings. The summed E-state index contributed by atoms with van der Waals surface area (Å²) in [6.07, 6.45) is 6.78. The third kappa shape index (κ3) is 4.57. The van der Waals surface area contributed by atoms with Crippen LogP contribution in [0.1, 0.15) is 36.8 Å². The van der Waals surface area contributed by atoms with Gasteiger partial charge in [0.2, 0.25) is 5.91 Å². The van der Waals surface area contributed by atoms with Crippen LogP contribution in [-0.4, -0.2) is 24.0 Å². The third-order valence-corrected chi connectivity index (χ3v) is 4.47. The van der Waals surface area contributed by atoms with Crippen molar-refractivity contribution in [1.29, 1.82) is 0 Å². The third-order valence-electron chi connectivity index (χ3n) is 4.47. The van der Waals surface area contributed by atoms with Crippen LogP contribution in [0.5, 0.6) is 0 Å². The van der Waals surface area contributed by atoms with Crippen molar-refractivity contribution in [1.82, 2.24) is 4.98 Å². The fourth-order valence-corrected chi connectivity index (χ4v) is 3.01. The molecule has 0 saturated carbocycles. The predicted octanol–water partition coefficient (Wildman–Crippen LogP) is 3.95. The van der Waals surface area contributed by atoms with E-state index in [-0.39, 0.29) is 5.91 Å². The normalized spacial score (nSPS) is 14.5. The van der Waals surface area contributed by atoms with E-state index in [1.165, 1.54) is 30.4 Å². The maximum absolute atomic E-state index is 12.1. The molecule has 2 aromatic rings. The molecule has 0 bridgehead atoms. The zero-order chi connectivity index (χ0) is 16.8. The largest absolute Gasteiger partial charge is 0.357 e. The van der Waals surface area contributed by atoms with Crippen molar-refractivity contribution in [3.05, 3.63) is 53.7 Å². The number of hydrogen-bond acceptors (Lipinski definition) is 3. The standard InChI is InChI=1S/C20H25N3O/c1-16-5-7-17(8-6-16)9-12-20(24)22-18-10-11-19(21-15-18)23-13-3-2-4-14-23/h5-8,10-11,15H,2-4,9,12-14H2,1H3,(H,22,24). The van der Waals surface area contributed by atoms with Crippen LogP contribution >= 0.6 is 0 Å². The summed E-state index contributed by atoms with van der Waals surface area (Å²) >= 11 is 0. The lowest BCUT2D eigenvalue weighted by molar-refractivity contribution is -0.116. The van der Waals surface area contributed by atoms with Gasteiger partial charge in [0, 0.05) is 19.5 Å². The van der Waals surface area contributed by atoms with E-state index in [9.17, 15) is 4.79 Å². The second-order valence-corrected chi connectivity index (χ2v) is 6.49. The highest BCUT2D eigenvalue weighted by Crippen LogP contribution is 2.19. The highest BCUT2D eigenvalue weighted by molar-refractivity contribution is 5.90. The number of benzene rings is 1. The quantitative estimate of drug-likeness (QED) is 0.906. The summed E-state index contributed by atoms with van der Waals surface area (Å²) in [6, 6.07) is 12.3. The van der Waals surface area contributed by atoms with Gasteiger partial charge in [-0.1, -0.05) is 29.8 Å². The first-order valence-corrected chi connectivity index (χ1v) is 8.77. The molecular weight excluding hydrogens is 298 g/mol. The monoisotopic (exact) mass is 323 g/mol. The van der Waals surface area contributed by atoms with Crippen molar-refractivity contribution < 1.29 is 4.79 Å². The van der Waals surface area contributed by atoms with E-state index in [4.69, 9.17) is 0 Å². The number of nitrogens with one attached hydrogen (secondary N) is 1. The molecule has 4 nitrogen and oxygen atoms in total. The summed E-state index contributed by atoms with van der Waals surface area (Å²) in [7, 11) is 0. The predicted molar refractivity (Wildman–Crippen MR) is 98.4 cm³/mol. The molecular formula is C20H25N3O. The van der Waals surface area contributed by atoms with Crippen LogP contribution in [0, 0.1) is 6.92 Å². The van der Waals surface area contributed by atoms with Gasteiger partial charge in [-0.25, -0.2) is 4.98 Å². The highest BCUT2D eigenvalue weighted by Gasteiger charge is 2.12. The summed E-state index contributed by atoms with van der Waals surface area (Å²) in [4.78, 5) is 18.9. The van der Waals surface area contributed by atoms with Gasteiger partial charge in [-0.2, -0.15) is 0 Å². The van der Waals surface area contributed by atoms with Gasteiger partial charge >= 0.3 is 0 Å². The average molecular weight is 323 g/mol. The average Bonchev–Trinajstić information content (AvgIpc) is 2.63. The van der Waals surface area contributed by atoms with Crippen molar-refractivity contribution in [3.63, 3.8) is 0 Å². The smallest absolute Gasteiger partial charge is 0.224 e. The second-order valence-electron chi connectivity index (χ2n) is 6.49. The van der Waals surface area contributed by atoms with E-state index in [0.29, 0.717) is 6.42 Å². The SMILES string of the molecule is Cc1ccc(CCC(=O)Nc2ccc(N3CCCCC3)nc2)cc1. The van der Waals surface area contributed by atoms with Crippen molar-refractivity contribution >= 4 is 17.4 Å². The lowest BCUT2D eigenvalue weighted by Gasteiger charge is -2.27. The Morgan fingerprint density at radius 2 is 1.83 bits per heavy atom. The molecule has 3 rings (SSSR count). The second kappa shape index (κ2) is 7.95. The van der Waals surface area contributed by atoms with Gasteiger partial charge in [0.1, 0.15) is 5.82 Å². The molecule has 0 spiro atoms. The maximum Gasteiger partial charge on any atom is 0.224 e. The molecule has 1 aromatic carbocycles. The molecule has 4 heteroatoms. The minimum Gasteiger partial charge on any atom is -0.357 e. The van der Waals surface area contributed by atoms with Gasteiger partial charge < -0.3 is 10.2 Å². The van der Waals surface area contributed by atoms with Crippen molar-refractivity contribution in [3.8, 4) is 0 Å². The van der Waals surface area contributed by atoms with E-state index < -0.39 is 0 Å². The Kier molecular flexibility index (Phi) is 5.47. The Morgan fingerprint density at radius 3 is 2.50 bits per heavy atom. The first kappa shape index (κ1) is 16.5. The Hall–Kier alpha value is -2.36. The summed E-state index contributed by atoms with van der Waals surface area (Å²) in [5.74, 6) is 1.04. The van der Waals surface area contributed by atoms with Crippen LogP contribution in [0.3, 0.4) is 0 Å². The first-order chi connectivity index (χ1) is 11.7. The van der Waals surface area contributed by atoms with E-state index in [2.05, 4.69) is 46.4 Å². The molecule has 1 aromatic heterocycles. The van der Waals surface area contributed by atoms with E-state index in [0.717, 1.165) is 31.0 Å². The van der Waals surface area contributed by atoms with Gasteiger partial charge in [0.05, 0.1) is 11.9 Å². The number of nitrogens with zero attached hydrogens (tertiary/aromatic N) is 2. The Bertz CT molecular complexity index is 658. The van der Waals surface area contributed by atoms with Crippen molar-refractivity contribution in [2.75, 3.05) is 23.3 Å². The van der Waals surface area contributed by atoms with Crippen LogP contribution in [0.2, 0.25) is 0 Å². The minimum absolute atomic E-state index is 0.0306. The topological polar surface area (TPSA) is 45.2 Å². The summed E-state index contributed by atoms with van der Waals surface area (Å²) in [6.45, 7) is 4.22. The number of amides is 1. The van der Waals surface area contributed by atoms with E-state index in [1.807, 2.05) is 12.1 Å². The fraction of sp³-hybridized carbons (Fsp3) is 0.400. The number of anilines is 2. The zero-order valence-electron chi connectivity index (χ0n) is 14.3. The first-order valence-electron chi connectivity index (χ1n) is 8.77. The number of rotatable bonds is 5. The van der Waals surface area contributed by atoms with Crippen LogP contribution in [0.15, 0.2) is 42.6 Å². The van der Waals surface area contributed by atoms with Crippen LogP contribution in [-0.2, 0) is 11.2 Å². The summed E-state index contributed by atoms with van der Waals surface area (Å²) < 4.78 is 0. The molecule has 24 heavy (non-hydrogen) atoms. The molecule has 0 radical (unpaired) electrons. The Labute approximate surface area is 143 Å². The van der Waals surface area contributed by atoms with Gasteiger partial charge in [-0.05, 0) is 50.3 Å². The van der Waals surface area contributed by atoms with Gasteiger partial charge in [0.15, 0.2) is 0 Å². The lowest BCUT2D eigenvalue weighted by atomic mass is 10.1. The molecule has 0 atom stereocenters. The number of carbonyl (C=O) groups is 1. The van der Waals surface area contributed by atoms with Crippen molar-refractivity contribution in [2.24, 2.45) is 0 Å². The van der Waals surface area contributed by atoms with Crippen LogP contribution in [0.25, 0.3) is 0 Å². The number of carbonyl (C=O) groups excluding carboxylic acids is 1. The number of aromatic nitrogens is 1. The molecule has 126 valence electrons. The van der Waals surface area contributed by atoms with Gasteiger partial charge in [-0.15, -0.1) is 0 Å². The number of pyridine rings is 1. The van der Waals surface area contributed by atoms with E-state index in [1.54, 1.807) is 6.20 Å². The van der Waals surface area contributed by atoms with E-state index >= 15 is 0 Å². The van der Waals surface area contributed by atoms with Crippen LogP contribution < -0.4 is 10.2 Å². The number of hydrogen-bond donors (Lipinski definition) is 1. The highest BCUT2D eigenvalue weighted by atomic mass is 16.1. The Morgan fingerprint density at radius 1 is 1.08 bits per heavy atom. The minimum atomic E-state index is 0.0306. The van der Waals surface area contributed by atoms with Gasteiger partial charge in [0.25, 0.3) is 0 Å². The molecule has 0 unspecified atom stereocenters. The molecule has 1 aliphatic heterocycles. The maximum atomic E-state index is 12.1. The Balaban J connectivity index is 1.49. The summed E-state index contributed by atoms with van der Waals surface area (Å²) in [5.41, 5.74) is 3.20. The molecule has 1 fully saturated rings. The summed E-state index contributed by atoms with van der Waals surface area (Å²) in [5, 5.41) is 2.93. The van der Waals surface area contributed by atoms with Crippen LogP contribution in [0.4, 0.5) is 11.5 Å². The molecule has 0 aliphatic carbocycles. The molecule has 1 saturated heterocycles. The molecule has 1 N–H and O–H groups in total. The van der Waals surface area contributed by atoms with Crippen molar-refractivity contribution in [2.45, 2.75) is 39.0 Å². The zero-order valence-corrected chi connectivity index (χ0v) is 14.3. The fourth-order valence-electron chi connectivity index (χ4n) is 3.01. The molecule has 1 amide bonds. The number of aryl methyl sites for hydroxylation is 2. The number of piperidine rings is 1. The lowest BCUT2D eigenvalue weighted by Crippen LogP contribution is -2.30. The van der Waals surface area contributed by atoms with Gasteiger partial charge in [-0.3, -0.25) is 4.79 Å². The molecule has 2 heterocycles.